The zero-order valence-electron chi connectivity index (χ0n) is 17.5. The number of hydrogen-bond donors (Lipinski definition) is 2. The number of amides is 2. The maximum atomic E-state index is 12.6. The lowest BCUT2D eigenvalue weighted by molar-refractivity contribution is -0.113. The zero-order valence-corrected chi connectivity index (χ0v) is 18.4. The SMILES string of the molecule is O=C(CSc1ccc(NC(=O)c2ccc3ccccc3c2)cc1)Nc1ccc2c(c1)OCO2. The summed E-state index contributed by atoms with van der Waals surface area (Å²) in [7, 11) is 0. The van der Waals surface area contributed by atoms with Gasteiger partial charge in [-0.3, -0.25) is 9.59 Å². The highest BCUT2D eigenvalue weighted by molar-refractivity contribution is 8.00. The second-order valence-corrected chi connectivity index (χ2v) is 8.49. The fourth-order valence-corrected chi connectivity index (χ4v) is 4.19. The molecule has 0 radical (unpaired) electrons. The smallest absolute Gasteiger partial charge is 0.255 e. The second kappa shape index (κ2) is 9.26. The van der Waals surface area contributed by atoms with Gasteiger partial charge >= 0.3 is 0 Å². The van der Waals surface area contributed by atoms with Gasteiger partial charge in [0, 0.05) is 27.9 Å². The van der Waals surface area contributed by atoms with Gasteiger partial charge in [-0.15, -0.1) is 11.8 Å². The summed E-state index contributed by atoms with van der Waals surface area (Å²) in [6.45, 7) is 0.196. The van der Waals surface area contributed by atoms with Crippen molar-refractivity contribution in [2.75, 3.05) is 23.2 Å². The van der Waals surface area contributed by atoms with Crippen molar-refractivity contribution in [3.63, 3.8) is 0 Å². The third-order valence-corrected chi connectivity index (χ3v) is 6.16. The van der Waals surface area contributed by atoms with Crippen LogP contribution < -0.4 is 20.1 Å². The zero-order chi connectivity index (χ0) is 22.6. The van der Waals surface area contributed by atoms with Crippen molar-refractivity contribution >= 4 is 45.7 Å². The second-order valence-electron chi connectivity index (χ2n) is 7.45. The Labute approximate surface area is 194 Å². The standard InChI is InChI=1S/C26H20N2O4S/c29-25(27-21-9-12-23-24(14-21)32-16-31-23)15-33-22-10-7-20(8-11-22)28-26(30)19-6-5-17-3-1-2-4-18(17)13-19/h1-14H,15-16H2,(H,27,29)(H,28,30). The average Bonchev–Trinajstić information content (AvgIpc) is 3.31. The van der Waals surface area contributed by atoms with Crippen LogP contribution in [-0.4, -0.2) is 24.4 Å². The predicted octanol–water partition coefficient (Wildman–Crippen LogP) is 5.55. The van der Waals surface area contributed by atoms with Crippen LogP contribution in [0.4, 0.5) is 11.4 Å². The Bertz CT molecular complexity index is 1340. The van der Waals surface area contributed by atoms with Crippen molar-refractivity contribution in [3.05, 3.63) is 90.5 Å². The summed E-state index contributed by atoms with van der Waals surface area (Å²) >= 11 is 1.42. The number of hydrogen-bond acceptors (Lipinski definition) is 5. The third kappa shape index (κ3) is 4.94. The quantitative estimate of drug-likeness (QED) is 0.372. The first-order chi connectivity index (χ1) is 16.1. The molecule has 0 aromatic heterocycles. The monoisotopic (exact) mass is 456 g/mol. The van der Waals surface area contributed by atoms with Gasteiger partial charge in [0.1, 0.15) is 0 Å². The summed E-state index contributed by atoms with van der Waals surface area (Å²) in [6, 6.07) is 26.3. The van der Waals surface area contributed by atoms with E-state index in [2.05, 4.69) is 10.6 Å². The molecular weight excluding hydrogens is 436 g/mol. The Kier molecular flexibility index (Phi) is 5.87. The van der Waals surface area contributed by atoms with Gasteiger partial charge in [0.15, 0.2) is 11.5 Å². The Morgan fingerprint density at radius 3 is 2.36 bits per heavy atom. The van der Waals surface area contributed by atoms with Crippen LogP contribution in [0.25, 0.3) is 10.8 Å². The van der Waals surface area contributed by atoms with Crippen LogP contribution in [0.15, 0.2) is 89.8 Å². The van der Waals surface area contributed by atoms with Crippen molar-refractivity contribution in [3.8, 4) is 11.5 Å². The molecule has 1 heterocycles. The first-order valence-electron chi connectivity index (χ1n) is 10.4. The van der Waals surface area contributed by atoms with E-state index < -0.39 is 0 Å². The molecule has 164 valence electrons. The predicted molar refractivity (Wildman–Crippen MR) is 130 cm³/mol. The number of anilines is 2. The molecule has 1 aliphatic heterocycles. The molecule has 0 atom stereocenters. The van der Waals surface area contributed by atoms with E-state index in [0.29, 0.717) is 28.4 Å². The minimum absolute atomic E-state index is 0.118. The lowest BCUT2D eigenvalue weighted by Crippen LogP contribution is -2.14. The van der Waals surface area contributed by atoms with Crippen LogP contribution in [-0.2, 0) is 4.79 Å². The Morgan fingerprint density at radius 1 is 0.758 bits per heavy atom. The molecule has 0 saturated heterocycles. The molecule has 0 spiro atoms. The lowest BCUT2D eigenvalue weighted by atomic mass is 10.1. The van der Waals surface area contributed by atoms with E-state index in [1.807, 2.05) is 66.7 Å². The maximum absolute atomic E-state index is 12.6. The van der Waals surface area contributed by atoms with E-state index in [-0.39, 0.29) is 24.4 Å². The number of carbonyl (C=O) groups is 2. The number of ether oxygens (including phenoxy) is 2. The molecule has 4 aromatic carbocycles. The minimum atomic E-state index is -0.163. The van der Waals surface area contributed by atoms with E-state index in [0.717, 1.165) is 15.7 Å². The van der Waals surface area contributed by atoms with Crippen LogP contribution in [0, 0.1) is 0 Å². The topological polar surface area (TPSA) is 76.7 Å². The minimum Gasteiger partial charge on any atom is -0.454 e. The molecular formula is C26H20N2O4S. The number of rotatable bonds is 6. The van der Waals surface area contributed by atoms with E-state index >= 15 is 0 Å². The highest BCUT2D eigenvalue weighted by Gasteiger charge is 2.14. The number of thioether (sulfide) groups is 1. The van der Waals surface area contributed by atoms with Crippen molar-refractivity contribution in [1.82, 2.24) is 0 Å². The average molecular weight is 457 g/mol. The van der Waals surface area contributed by atoms with Gasteiger partial charge in [0.05, 0.1) is 5.75 Å². The first-order valence-corrected chi connectivity index (χ1v) is 11.4. The van der Waals surface area contributed by atoms with Gasteiger partial charge in [-0.05, 0) is 59.3 Å². The van der Waals surface area contributed by atoms with Crippen molar-refractivity contribution in [2.45, 2.75) is 4.90 Å². The van der Waals surface area contributed by atoms with E-state index in [1.165, 1.54) is 11.8 Å². The molecule has 1 aliphatic rings. The first kappa shape index (κ1) is 20.9. The molecule has 33 heavy (non-hydrogen) atoms. The highest BCUT2D eigenvalue weighted by Crippen LogP contribution is 2.34. The molecule has 0 fully saturated rings. The number of carbonyl (C=O) groups excluding carboxylic acids is 2. The summed E-state index contributed by atoms with van der Waals surface area (Å²) < 4.78 is 10.6. The fraction of sp³-hybridized carbons (Fsp3) is 0.0769. The molecule has 6 nitrogen and oxygen atoms in total. The van der Waals surface area contributed by atoms with Gasteiger partial charge in [-0.1, -0.05) is 30.3 Å². The summed E-state index contributed by atoms with van der Waals surface area (Å²) in [6.07, 6.45) is 0. The fourth-order valence-electron chi connectivity index (χ4n) is 3.49. The van der Waals surface area contributed by atoms with Crippen LogP contribution in [0.3, 0.4) is 0 Å². The summed E-state index contributed by atoms with van der Waals surface area (Å²) in [4.78, 5) is 25.8. The highest BCUT2D eigenvalue weighted by atomic mass is 32.2. The molecule has 2 amide bonds. The Hall–Kier alpha value is -3.97. The van der Waals surface area contributed by atoms with Gasteiger partial charge < -0.3 is 20.1 Å². The van der Waals surface area contributed by atoms with Gasteiger partial charge in [-0.25, -0.2) is 0 Å². The van der Waals surface area contributed by atoms with Crippen molar-refractivity contribution in [1.29, 1.82) is 0 Å². The van der Waals surface area contributed by atoms with Crippen LogP contribution >= 0.6 is 11.8 Å². The summed E-state index contributed by atoms with van der Waals surface area (Å²) in [5, 5.41) is 7.90. The lowest BCUT2D eigenvalue weighted by Gasteiger charge is -2.08. The molecule has 0 aliphatic carbocycles. The van der Waals surface area contributed by atoms with Gasteiger partial charge in [0.2, 0.25) is 12.7 Å². The van der Waals surface area contributed by atoms with Gasteiger partial charge in [-0.2, -0.15) is 0 Å². The summed E-state index contributed by atoms with van der Waals surface area (Å²) in [5.41, 5.74) is 1.96. The number of nitrogens with one attached hydrogen (secondary N) is 2. The van der Waals surface area contributed by atoms with Crippen LogP contribution in [0.5, 0.6) is 11.5 Å². The van der Waals surface area contributed by atoms with Crippen LogP contribution in [0.1, 0.15) is 10.4 Å². The molecule has 0 unspecified atom stereocenters. The van der Waals surface area contributed by atoms with Crippen molar-refractivity contribution < 1.29 is 19.1 Å². The van der Waals surface area contributed by atoms with Gasteiger partial charge in [0.25, 0.3) is 5.91 Å². The normalized spacial score (nSPS) is 11.9. The number of benzene rings is 4. The molecule has 4 aromatic rings. The van der Waals surface area contributed by atoms with E-state index in [9.17, 15) is 9.59 Å². The summed E-state index contributed by atoms with van der Waals surface area (Å²) in [5.74, 6) is 1.28. The third-order valence-electron chi connectivity index (χ3n) is 5.15. The molecule has 0 saturated carbocycles. The largest absolute Gasteiger partial charge is 0.454 e. The van der Waals surface area contributed by atoms with Crippen molar-refractivity contribution in [2.24, 2.45) is 0 Å². The Morgan fingerprint density at radius 2 is 1.52 bits per heavy atom. The molecule has 0 bridgehead atoms. The molecule has 5 rings (SSSR count). The number of fused-ring (bicyclic) bond motifs is 2. The van der Waals surface area contributed by atoms with E-state index in [4.69, 9.17) is 9.47 Å². The van der Waals surface area contributed by atoms with E-state index in [1.54, 1.807) is 18.2 Å². The molecule has 2 N–H and O–H groups in total. The maximum Gasteiger partial charge on any atom is 0.255 e. The van der Waals surface area contributed by atoms with Crippen LogP contribution in [0.2, 0.25) is 0 Å². The molecule has 7 heteroatoms. The Balaban J connectivity index is 1.14.